The number of ether oxygens (including phenoxy) is 2. The van der Waals surface area contributed by atoms with E-state index in [4.69, 9.17) is 21.1 Å². The molecule has 1 fully saturated rings. The van der Waals surface area contributed by atoms with Crippen LogP contribution in [0.1, 0.15) is 18.1 Å². The molecule has 1 heterocycles. The second-order valence-corrected chi connectivity index (χ2v) is 10.2. The maximum atomic E-state index is 13.0. The smallest absolute Gasteiger partial charge is 0.293 e. The van der Waals surface area contributed by atoms with E-state index in [1.807, 2.05) is 42.5 Å². The number of halogens is 2. The van der Waals surface area contributed by atoms with Gasteiger partial charge in [-0.25, -0.2) is 0 Å². The van der Waals surface area contributed by atoms with Gasteiger partial charge in [-0.1, -0.05) is 57.9 Å². The number of imide groups is 1. The summed E-state index contributed by atoms with van der Waals surface area (Å²) >= 11 is 10.7. The lowest BCUT2D eigenvalue weighted by Gasteiger charge is -2.15. The molecule has 0 bridgehead atoms. The van der Waals surface area contributed by atoms with Crippen molar-refractivity contribution in [2.45, 2.75) is 13.5 Å². The number of benzene rings is 3. The molecule has 0 aromatic heterocycles. The summed E-state index contributed by atoms with van der Waals surface area (Å²) in [6.07, 6.45) is 1.59. The Morgan fingerprint density at radius 2 is 1.81 bits per heavy atom. The van der Waals surface area contributed by atoms with Crippen LogP contribution in [-0.4, -0.2) is 35.2 Å². The van der Waals surface area contributed by atoms with E-state index in [1.54, 1.807) is 37.3 Å². The average Bonchev–Trinajstić information content (AvgIpc) is 3.13. The maximum Gasteiger partial charge on any atom is 0.293 e. The summed E-state index contributed by atoms with van der Waals surface area (Å²) in [5.74, 6) is -0.201. The Morgan fingerprint density at radius 3 is 2.51 bits per heavy atom. The SMILES string of the molecule is CCOc1cc(/C=C2\SC(=O)N(Cc3ccc(Br)cc3)C2=O)cc(Cl)c1OCC(=O)Nc1ccccc1. The molecule has 1 aliphatic rings. The van der Waals surface area contributed by atoms with Crippen LogP contribution in [0.4, 0.5) is 10.5 Å². The van der Waals surface area contributed by atoms with Gasteiger partial charge < -0.3 is 14.8 Å². The first-order chi connectivity index (χ1) is 17.8. The molecular formula is C27H22BrClN2O5S. The molecule has 10 heteroatoms. The van der Waals surface area contributed by atoms with Crippen LogP contribution in [0.3, 0.4) is 0 Å². The lowest BCUT2D eigenvalue weighted by molar-refractivity contribution is -0.123. The minimum atomic E-state index is -0.384. The first-order valence-electron chi connectivity index (χ1n) is 11.3. The van der Waals surface area contributed by atoms with Crippen LogP contribution in [0.5, 0.6) is 11.5 Å². The van der Waals surface area contributed by atoms with Crippen molar-refractivity contribution in [3.05, 3.63) is 92.3 Å². The summed E-state index contributed by atoms with van der Waals surface area (Å²) in [5.41, 5.74) is 2.05. The number of para-hydroxylation sites is 1. The first-order valence-corrected chi connectivity index (χ1v) is 13.3. The Labute approximate surface area is 231 Å². The molecule has 3 aromatic carbocycles. The first kappa shape index (κ1) is 26.8. The minimum absolute atomic E-state index is 0.179. The Kier molecular flexibility index (Phi) is 8.91. The Hall–Kier alpha value is -3.27. The van der Waals surface area contributed by atoms with Crippen molar-refractivity contribution < 1.29 is 23.9 Å². The summed E-state index contributed by atoms with van der Waals surface area (Å²) in [7, 11) is 0. The number of hydrogen-bond acceptors (Lipinski definition) is 6. The van der Waals surface area contributed by atoms with Gasteiger partial charge in [0.2, 0.25) is 0 Å². The molecule has 37 heavy (non-hydrogen) atoms. The normalized spacial score (nSPS) is 14.2. The molecule has 1 N–H and O–H groups in total. The van der Waals surface area contributed by atoms with E-state index in [-0.39, 0.29) is 45.9 Å². The van der Waals surface area contributed by atoms with Gasteiger partial charge in [0.1, 0.15) is 0 Å². The van der Waals surface area contributed by atoms with Crippen molar-refractivity contribution in [2.75, 3.05) is 18.5 Å². The number of nitrogens with one attached hydrogen (secondary N) is 1. The zero-order valence-corrected chi connectivity index (χ0v) is 22.9. The summed E-state index contributed by atoms with van der Waals surface area (Å²) in [6.45, 7) is 2.04. The number of hydrogen-bond donors (Lipinski definition) is 1. The topological polar surface area (TPSA) is 84.9 Å². The van der Waals surface area contributed by atoms with Crippen LogP contribution >= 0.6 is 39.3 Å². The molecule has 3 amide bonds. The highest BCUT2D eigenvalue weighted by Crippen LogP contribution is 2.39. The lowest BCUT2D eigenvalue weighted by Crippen LogP contribution is -2.27. The van der Waals surface area contributed by atoms with Crippen molar-refractivity contribution in [3.63, 3.8) is 0 Å². The average molecular weight is 602 g/mol. The van der Waals surface area contributed by atoms with Crippen molar-refractivity contribution in [1.82, 2.24) is 4.90 Å². The van der Waals surface area contributed by atoms with Crippen LogP contribution in [0, 0.1) is 0 Å². The molecule has 0 radical (unpaired) electrons. The largest absolute Gasteiger partial charge is 0.490 e. The van der Waals surface area contributed by atoms with Gasteiger partial charge in [0, 0.05) is 10.2 Å². The summed E-state index contributed by atoms with van der Waals surface area (Å²) in [5, 5.41) is 2.60. The number of rotatable bonds is 9. The fourth-order valence-corrected chi connectivity index (χ4v) is 4.87. The van der Waals surface area contributed by atoms with E-state index in [0.29, 0.717) is 23.6 Å². The Balaban J connectivity index is 1.49. The number of carbonyl (C=O) groups excluding carboxylic acids is 3. The molecule has 0 saturated carbocycles. The van der Waals surface area contributed by atoms with Gasteiger partial charge in [0.05, 0.1) is 23.1 Å². The van der Waals surface area contributed by atoms with Gasteiger partial charge in [-0.15, -0.1) is 0 Å². The van der Waals surface area contributed by atoms with E-state index in [1.165, 1.54) is 4.90 Å². The predicted molar refractivity (Wildman–Crippen MR) is 149 cm³/mol. The van der Waals surface area contributed by atoms with Crippen LogP contribution in [0.2, 0.25) is 5.02 Å². The molecule has 7 nitrogen and oxygen atoms in total. The van der Waals surface area contributed by atoms with Crippen LogP contribution in [-0.2, 0) is 16.1 Å². The number of amides is 3. The van der Waals surface area contributed by atoms with E-state index >= 15 is 0 Å². The third-order valence-corrected chi connectivity index (χ3v) is 6.88. The summed E-state index contributed by atoms with van der Waals surface area (Å²) in [4.78, 5) is 39.3. The Bertz CT molecular complexity index is 1350. The van der Waals surface area contributed by atoms with Gasteiger partial charge in [-0.3, -0.25) is 19.3 Å². The van der Waals surface area contributed by atoms with Crippen LogP contribution in [0.15, 0.2) is 76.1 Å². The molecule has 0 aliphatic carbocycles. The van der Waals surface area contributed by atoms with Crippen molar-refractivity contribution in [3.8, 4) is 11.5 Å². The zero-order chi connectivity index (χ0) is 26.4. The number of anilines is 1. The quantitative estimate of drug-likeness (QED) is 0.273. The van der Waals surface area contributed by atoms with Gasteiger partial charge in [-0.05, 0) is 72.3 Å². The van der Waals surface area contributed by atoms with Crippen LogP contribution < -0.4 is 14.8 Å². The monoisotopic (exact) mass is 600 g/mol. The number of nitrogens with zero attached hydrogens (tertiary/aromatic N) is 1. The van der Waals surface area contributed by atoms with E-state index in [9.17, 15) is 14.4 Å². The highest BCUT2D eigenvalue weighted by molar-refractivity contribution is 9.10. The molecule has 0 spiro atoms. The molecule has 1 aliphatic heterocycles. The second-order valence-electron chi connectivity index (χ2n) is 7.86. The van der Waals surface area contributed by atoms with E-state index < -0.39 is 0 Å². The molecule has 0 unspecified atom stereocenters. The zero-order valence-electron chi connectivity index (χ0n) is 19.7. The Morgan fingerprint density at radius 1 is 1.08 bits per heavy atom. The van der Waals surface area contributed by atoms with Crippen molar-refractivity contribution >= 4 is 68.1 Å². The fraction of sp³-hybridized carbons (Fsp3) is 0.148. The molecule has 0 atom stereocenters. The second kappa shape index (κ2) is 12.3. The summed E-state index contributed by atoms with van der Waals surface area (Å²) < 4.78 is 12.3. The van der Waals surface area contributed by atoms with E-state index in [2.05, 4.69) is 21.2 Å². The molecule has 190 valence electrons. The molecular weight excluding hydrogens is 580 g/mol. The third-order valence-electron chi connectivity index (χ3n) is 5.16. The minimum Gasteiger partial charge on any atom is -0.490 e. The van der Waals surface area contributed by atoms with Gasteiger partial charge in [-0.2, -0.15) is 0 Å². The fourth-order valence-electron chi connectivity index (χ4n) is 3.49. The standard InChI is InChI=1S/C27H22BrClN2O5S/c1-2-35-22-13-18(12-21(29)25(22)36-16-24(32)30-20-6-4-3-5-7-20)14-23-26(33)31(27(34)37-23)15-17-8-10-19(28)11-9-17/h3-14H,2,15-16H2,1H3,(H,30,32)/b23-14-. The molecule has 4 rings (SSSR count). The third kappa shape index (κ3) is 6.94. The van der Waals surface area contributed by atoms with Gasteiger partial charge >= 0.3 is 0 Å². The lowest BCUT2D eigenvalue weighted by atomic mass is 10.1. The predicted octanol–water partition coefficient (Wildman–Crippen LogP) is 6.76. The molecule has 1 saturated heterocycles. The molecule has 3 aromatic rings. The highest BCUT2D eigenvalue weighted by atomic mass is 79.9. The maximum absolute atomic E-state index is 13.0. The highest BCUT2D eigenvalue weighted by Gasteiger charge is 2.35. The van der Waals surface area contributed by atoms with E-state index in [0.717, 1.165) is 21.8 Å². The number of thioether (sulfide) groups is 1. The van der Waals surface area contributed by atoms with Gasteiger partial charge in [0.25, 0.3) is 17.1 Å². The summed E-state index contributed by atoms with van der Waals surface area (Å²) in [6, 6.07) is 19.7. The van der Waals surface area contributed by atoms with Gasteiger partial charge in [0.15, 0.2) is 18.1 Å². The van der Waals surface area contributed by atoms with Crippen molar-refractivity contribution in [1.29, 1.82) is 0 Å². The van der Waals surface area contributed by atoms with Crippen molar-refractivity contribution in [2.24, 2.45) is 0 Å². The number of carbonyl (C=O) groups is 3. The van der Waals surface area contributed by atoms with Crippen LogP contribution in [0.25, 0.3) is 6.08 Å².